The highest BCUT2D eigenvalue weighted by molar-refractivity contribution is 6.47. The maximum absolute atomic E-state index is 13.7. The first-order valence-electron chi connectivity index (χ1n) is 11.2. The molecule has 4 nitrogen and oxygen atoms in total. The van der Waals surface area contributed by atoms with Crippen LogP contribution in [0.5, 0.6) is 0 Å². The number of hydrogen-bond donors (Lipinski definition) is 0. The molecule has 1 fully saturated rings. The number of rotatable bonds is 5. The van der Waals surface area contributed by atoms with Crippen LogP contribution in [0.4, 0.5) is 4.39 Å². The van der Waals surface area contributed by atoms with Crippen LogP contribution in [-0.2, 0) is 4.79 Å². The van der Waals surface area contributed by atoms with E-state index in [-0.39, 0.29) is 22.9 Å². The quantitative estimate of drug-likeness (QED) is 0.482. The topological polar surface area (TPSA) is 49.7 Å². The van der Waals surface area contributed by atoms with Gasteiger partial charge in [0.2, 0.25) is 0 Å². The summed E-state index contributed by atoms with van der Waals surface area (Å²) in [5.41, 5.74) is 1.65. The molecule has 168 valence electrons. The van der Waals surface area contributed by atoms with Crippen LogP contribution in [0, 0.1) is 5.41 Å². The van der Waals surface area contributed by atoms with E-state index in [2.05, 4.69) is 13.8 Å². The molecule has 6 heteroatoms. The van der Waals surface area contributed by atoms with Gasteiger partial charge in [-0.25, -0.2) is 0 Å². The van der Waals surface area contributed by atoms with Crippen LogP contribution in [0.25, 0.3) is 0 Å². The Morgan fingerprint density at radius 2 is 1.81 bits per heavy atom. The number of carbonyl (C=O) groups excluding carboxylic acids is 2. The molecule has 4 rings (SSSR count). The molecular formula is C26H28ClFN2O2. The van der Waals surface area contributed by atoms with Crippen molar-refractivity contribution in [2.45, 2.75) is 64.6 Å². The Kier molecular flexibility index (Phi) is 5.97. The number of aliphatic imine (C=N–C) groups is 1. The van der Waals surface area contributed by atoms with E-state index in [0.717, 1.165) is 43.2 Å². The summed E-state index contributed by atoms with van der Waals surface area (Å²) in [5.74, 6) is -0.120. The van der Waals surface area contributed by atoms with Gasteiger partial charge in [-0.05, 0) is 67.9 Å². The minimum absolute atomic E-state index is 0.00987. The first-order chi connectivity index (χ1) is 15.2. The van der Waals surface area contributed by atoms with Gasteiger partial charge in [-0.1, -0.05) is 56.1 Å². The van der Waals surface area contributed by atoms with Gasteiger partial charge >= 0.3 is 6.04 Å². The molecule has 1 amide bonds. The highest BCUT2D eigenvalue weighted by Crippen LogP contribution is 2.50. The summed E-state index contributed by atoms with van der Waals surface area (Å²) in [4.78, 5) is 31.7. The molecule has 1 spiro atoms. The molecule has 0 radical (unpaired) electrons. The summed E-state index contributed by atoms with van der Waals surface area (Å²) < 4.78 is 13.1. The Morgan fingerprint density at radius 1 is 1.16 bits per heavy atom. The third-order valence-corrected chi connectivity index (χ3v) is 7.64. The lowest BCUT2D eigenvalue weighted by Crippen LogP contribution is -2.51. The van der Waals surface area contributed by atoms with Crippen LogP contribution in [-0.4, -0.2) is 28.2 Å². The van der Waals surface area contributed by atoms with Crippen LogP contribution in [0.2, 0.25) is 5.02 Å². The fourth-order valence-electron chi connectivity index (χ4n) is 4.98. The highest BCUT2D eigenvalue weighted by Gasteiger charge is 2.52. The first kappa shape index (κ1) is 22.7. The molecule has 0 bridgehead atoms. The van der Waals surface area contributed by atoms with E-state index in [4.69, 9.17) is 16.6 Å². The summed E-state index contributed by atoms with van der Waals surface area (Å²) >= 11 is 6.20. The van der Waals surface area contributed by atoms with Crippen LogP contribution < -0.4 is 0 Å². The molecule has 2 aromatic rings. The Bertz CT molecular complexity index is 1070. The van der Waals surface area contributed by atoms with E-state index in [1.807, 2.05) is 24.0 Å². The van der Waals surface area contributed by atoms with Crippen molar-refractivity contribution in [1.29, 1.82) is 0 Å². The van der Waals surface area contributed by atoms with Gasteiger partial charge in [0, 0.05) is 10.6 Å². The standard InChI is InChI=1S/C26H28ClFN2O2/c1-4-25(3)12-14-26(15-13-25)29-22(20-6-5-7-21(27)16-20)24(32)30(26)17(2)18-8-10-19(11-9-18)23(28)31/h5-11,16-17H,4,12-15H2,1-3H3/t17-,25?,26?/m1/s1. The number of halogens is 2. The molecule has 1 saturated carbocycles. The van der Waals surface area contributed by atoms with Gasteiger partial charge < -0.3 is 4.90 Å². The maximum Gasteiger partial charge on any atom is 0.332 e. The fraction of sp³-hybridized carbons (Fsp3) is 0.423. The van der Waals surface area contributed by atoms with Gasteiger partial charge in [0.25, 0.3) is 5.91 Å². The van der Waals surface area contributed by atoms with E-state index in [1.54, 1.807) is 24.3 Å². The molecular weight excluding hydrogens is 427 g/mol. The zero-order chi connectivity index (χ0) is 23.1. The van der Waals surface area contributed by atoms with Crippen molar-refractivity contribution in [3.05, 3.63) is 70.2 Å². The van der Waals surface area contributed by atoms with Crippen LogP contribution >= 0.6 is 11.6 Å². The van der Waals surface area contributed by atoms with Gasteiger partial charge in [0.05, 0.1) is 11.6 Å². The molecule has 32 heavy (non-hydrogen) atoms. The van der Waals surface area contributed by atoms with Crippen molar-refractivity contribution in [2.75, 3.05) is 0 Å². The SMILES string of the molecule is CCC1(C)CCC2(CC1)N=C(c1cccc(Cl)c1)C(=O)N2[C@H](C)c1ccc(C(=O)F)cc1. The van der Waals surface area contributed by atoms with Crippen molar-refractivity contribution < 1.29 is 14.0 Å². The van der Waals surface area contributed by atoms with E-state index >= 15 is 0 Å². The number of hydrogen-bond acceptors (Lipinski definition) is 3. The van der Waals surface area contributed by atoms with Crippen molar-refractivity contribution >= 4 is 29.3 Å². The number of amides is 1. The fourth-order valence-corrected chi connectivity index (χ4v) is 5.17. The zero-order valence-corrected chi connectivity index (χ0v) is 19.5. The second kappa shape index (κ2) is 8.43. The summed E-state index contributed by atoms with van der Waals surface area (Å²) in [6.07, 6.45) is 4.65. The smallest absolute Gasteiger partial charge is 0.306 e. The Morgan fingerprint density at radius 3 is 2.38 bits per heavy atom. The molecule has 1 aliphatic carbocycles. The van der Waals surface area contributed by atoms with Gasteiger partial charge in [-0.2, -0.15) is 4.39 Å². The molecule has 1 heterocycles. The molecule has 1 aliphatic heterocycles. The summed E-state index contributed by atoms with van der Waals surface area (Å²) in [6.45, 7) is 6.49. The molecule has 0 aromatic heterocycles. The van der Waals surface area contributed by atoms with Crippen molar-refractivity contribution in [1.82, 2.24) is 4.90 Å². The Balaban J connectivity index is 1.74. The summed E-state index contributed by atoms with van der Waals surface area (Å²) in [7, 11) is 0. The molecule has 0 unspecified atom stereocenters. The molecule has 0 saturated heterocycles. The number of benzene rings is 2. The van der Waals surface area contributed by atoms with Gasteiger partial charge in [-0.15, -0.1) is 0 Å². The van der Waals surface area contributed by atoms with Crippen LogP contribution in [0.15, 0.2) is 53.5 Å². The number of nitrogens with zero attached hydrogens (tertiary/aromatic N) is 2. The monoisotopic (exact) mass is 454 g/mol. The van der Waals surface area contributed by atoms with Gasteiger partial charge in [-0.3, -0.25) is 14.6 Å². The third kappa shape index (κ3) is 3.99. The maximum atomic E-state index is 13.7. The van der Waals surface area contributed by atoms with E-state index in [1.165, 1.54) is 12.1 Å². The lowest BCUT2D eigenvalue weighted by Gasteiger charge is -2.47. The summed E-state index contributed by atoms with van der Waals surface area (Å²) in [6, 6.07) is 11.9. The van der Waals surface area contributed by atoms with Crippen molar-refractivity contribution in [3.63, 3.8) is 0 Å². The normalized spacial score (nSPS) is 26.3. The molecule has 1 atom stereocenters. The van der Waals surface area contributed by atoms with Crippen LogP contribution in [0.1, 0.15) is 80.4 Å². The van der Waals surface area contributed by atoms with E-state index < -0.39 is 11.7 Å². The Labute approximate surface area is 193 Å². The predicted octanol–water partition coefficient (Wildman–Crippen LogP) is 6.53. The highest BCUT2D eigenvalue weighted by atomic mass is 35.5. The second-order valence-corrected chi connectivity index (χ2v) is 9.80. The average Bonchev–Trinajstić information content (AvgIpc) is 3.07. The van der Waals surface area contributed by atoms with Crippen molar-refractivity contribution in [2.24, 2.45) is 10.4 Å². The molecule has 2 aliphatic rings. The van der Waals surface area contributed by atoms with Crippen molar-refractivity contribution in [3.8, 4) is 0 Å². The number of carbonyl (C=O) groups is 2. The third-order valence-electron chi connectivity index (χ3n) is 7.41. The van der Waals surface area contributed by atoms with Gasteiger partial charge in [0.1, 0.15) is 11.4 Å². The Hall–Kier alpha value is -2.53. The largest absolute Gasteiger partial charge is 0.332 e. The summed E-state index contributed by atoms with van der Waals surface area (Å²) in [5, 5.41) is 0.562. The second-order valence-electron chi connectivity index (χ2n) is 9.36. The van der Waals surface area contributed by atoms with Crippen LogP contribution in [0.3, 0.4) is 0 Å². The molecule has 2 aromatic carbocycles. The lowest BCUT2D eigenvalue weighted by molar-refractivity contribution is -0.133. The minimum Gasteiger partial charge on any atom is -0.306 e. The minimum atomic E-state index is -1.46. The first-order valence-corrected chi connectivity index (χ1v) is 11.6. The van der Waals surface area contributed by atoms with Gasteiger partial charge in [0.15, 0.2) is 0 Å². The van der Waals surface area contributed by atoms with E-state index in [0.29, 0.717) is 10.7 Å². The zero-order valence-electron chi connectivity index (χ0n) is 18.7. The average molecular weight is 455 g/mol. The van der Waals surface area contributed by atoms with E-state index in [9.17, 15) is 14.0 Å². The predicted molar refractivity (Wildman–Crippen MR) is 125 cm³/mol. The molecule has 0 N–H and O–H groups in total. The lowest BCUT2D eigenvalue weighted by atomic mass is 9.69.